The molecule has 0 saturated heterocycles. The fraction of sp³-hybridized carbons (Fsp3) is 0.600. The van der Waals surface area contributed by atoms with Crippen LogP contribution >= 0.6 is 0 Å². The molecule has 1 N–H and O–H groups in total. The fourth-order valence-electron chi connectivity index (χ4n) is 3.75. The predicted octanol–water partition coefficient (Wildman–Crippen LogP) is 7.65. The van der Waals surface area contributed by atoms with Gasteiger partial charge < -0.3 is 5.32 Å². The molecule has 0 aliphatic heterocycles. The number of nitrogens with one attached hydrogen (secondary N) is 1. The van der Waals surface area contributed by atoms with Crippen molar-refractivity contribution in [2.45, 2.75) is 96.8 Å². The maximum absolute atomic E-state index is 12.2. The Morgan fingerprint density at radius 1 is 0.821 bits per heavy atom. The van der Waals surface area contributed by atoms with E-state index in [-0.39, 0.29) is 5.91 Å². The number of nitrogens with zero attached hydrogens (tertiary/aromatic N) is 1. The van der Waals surface area contributed by atoms with Gasteiger partial charge in [0.1, 0.15) is 0 Å². The third-order valence-corrected chi connectivity index (χ3v) is 5.46. The molecule has 154 valence electrons. The van der Waals surface area contributed by atoms with Crippen molar-refractivity contribution < 1.29 is 4.79 Å². The zero-order valence-electron chi connectivity index (χ0n) is 17.7. The molecule has 1 aromatic heterocycles. The van der Waals surface area contributed by atoms with E-state index in [1.54, 1.807) is 6.20 Å². The first-order valence-corrected chi connectivity index (χ1v) is 11.4. The minimum atomic E-state index is 0.118. The molecule has 0 saturated carbocycles. The van der Waals surface area contributed by atoms with Gasteiger partial charge in [-0.05, 0) is 18.6 Å². The lowest BCUT2D eigenvalue weighted by Gasteiger charge is -2.08. The van der Waals surface area contributed by atoms with Gasteiger partial charge in [0.15, 0.2) is 0 Å². The second kappa shape index (κ2) is 14.1. The van der Waals surface area contributed by atoms with Crippen LogP contribution < -0.4 is 5.32 Å². The lowest BCUT2D eigenvalue weighted by atomic mass is 10.0. The number of hydrogen-bond donors (Lipinski definition) is 1. The van der Waals surface area contributed by atoms with Crippen molar-refractivity contribution in [3.05, 3.63) is 36.7 Å². The molecule has 1 aromatic carbocycles. The van der Waals surface area contributed by atoms with E-state index in [9.17, 15) is 4.79 Å². The Morgan fingerprint density at radius 3 is 2.07 bits per heavy atom. The molecule has 0 spiro atoms. The molecule has 1 heterocycles. The Kier molecular flexibility index (Phi) is 11.3. The summed E-state index contributed by atoms with van der Waals surface area (Å²) in [5, 5.41) is 5.17. The number of carbonyl (C=O) groups excluding carboxylic acids is 1. The van der Waals surface area contributed by atoms with Gasteiger partial charge in [0, 0.05) is 35.3 Å². The Balaban J connectivity index is 1.47. The molecular formula is C25H38N2O. The van der Waals surface area contributed by atoms with Gasteiger partial charge in [0.05, 0.1) is 0 Å². The number of benzene rings is 1. The van der Waals surface area contributed by atoms with Crippen molar-refractivity contribution in [1.82, 2.24) is 4.98 Å². The summed E-state index contributed by atoms with van der Waals surface area (Å²) in [6, 6.07) is 7.90. The predicted molar refractivity (Wildman–Crippen MR) is 121 cm³/mol. The summed E-state index contributed by atoms with van der Waals surface area (Å²) in [6.45, 7) is 2.27. The molecular weight excluding hydrogens is 344 g/mol. The highest BCUT2D eigenvalue weighted by Crippen LogP contribution is 2.22. The van der Waals surface area contributed by atoms with Gasteiger partial charge in [-0.25, -0.2) is 0 Å². The van der Waals surface area contributed by atoms with E-state index in [2.05, 4.69) is 17.2 Å². The number of hydrogen-bond acceptors (Lipinski definition) is 2. The second-order valence-electron chi connectivity index (χ2n) is 7.94. The summed E-state index contributed by atoms with van der Waals surface area (Å²) in [5.74, 6) is 0.118. The zero-order chi connectivity index (χ0) is 19.9. The lowest BCUT2D eigenvalue weighted by Crippen LogP contribution is -2.11. The van der Waals surface area contributed by atoms with E-state index in [1.165, 1.54) is 70.6 Å². The maximum atomic E-state index is 12.2. The number of pyridine rings is 1. The van der Waals surface area contributed by atoms with Crippen molar-refractivity contribution in [1.29, 1.82) is 0 Å². The van der Waals surface area contributed by atoms with Gasteiger partial charge >= 0.3 is 0 Å². The van der Waals surface area contributed by atoms with Crippen LogP contribution in [0.25, 0.3) is 10.8 Å². The smallest absolute Gasteiger partial charge is 0.224 e. The summed E-state index contributed by atoms with van der Waals surface area (Å²) >= 11 is 0. The molecule has 2 rings (SSSR count). The van der Waals surface area contributed by atoms with E-state index in [0.29, 0.717) is 6.42 Å². The third-order valence-electron chi connectivity index (χ3n) is 5.46. The summed E-state index contributed by atoms with van der Waals surface area (Å²) in [7, 11) is 0. The van der Waals surface area contributed by atoms with Gasteiger partial charge in [0.2, 0.25) is 5.91 Å². The zero-order valence-corrected chi connectivity index (χ0v) is 17.7. The number of carbonyl (C=O) groups is 1. The average molecular weight is 383 g/mol. The van der Waals surface area contributed by atoms with Crippen LogP contribution in [0.4, 0.5) is 5.69 Å². The Morgan fingerprint density at radius 2 is 1.43 bits per heavy atom. The van der Waals surface area contributed by atoms with Crippen LogP contribution in [0.1, 0.15) is 96.8 Å². The quantitative estimate of drug-likeness (QED) is 0.321. The monoisotopic (exact) mass is 382 g/mol. The standard InChI is InChI=1S/C25H38N2O/c1-2-3-4-5-6-7-8-9-10-11-12-13-14-18-25(28)27-24-17-15-16-22-21-26-20-19-23(22)24/h15-17,19-21H,2-14,18H2,1H3,(H,27,28). The minimum Gasteiger partial charge on any atom is -0.326 e. The van der Waals surface area contributed by atoms with E-state index in [1.807, 2.05) is 30.5 Å². The Hall–Kier alpha value is -1.90. The molecule has 0 aliphatic carbocycles. The normalized spacial score (nSPS) is 11.0. The third kappa shape index (κ3) is 8.86. The van der Waals surface area contributed by atoms with E-state index < -0.39 is 0 Å². The largest absolute Gasteiger partial charge is 0.326 e. The number of rotatable bonds is 15. The molecule has 0 aliphatic rings. The molecule has 2 aromatic rings. The average Bonchev–Trinajstić information content (AvgIpc) is 2.72. The van der Waals surface area contributed by atoms with Gasteiger partial charge in [0.25, 0.3) is 0 Å². The van der Waals surface area contributed by atoms with E-state index >= 15 is 0 Å². The molecule has 0 bridgehead atoms. The molecule has 0 atom stereocenters. The molecule has 28 heavy (non-hydrogen) atoms. The molecule has 0 fully saturated rings. The minimum absolute atomic E-state index is 0.118. The summed E-state index contributed by atoms with van der Waals surface area (Å²) in [6.07, 6.45) is 21.5. The fourth-order valence-corrected chi connectivity index (χ4v) is 3.75. The van der Waals surface area contributed by atoms with Crippen molar-refractivity contribution in [3.8, 4) is 0 Å². The van der Waals surface area contributed by atoms with Gasteiger partial charge in [-0.3, -0.25) is 9.78 Å². The van der Waals surface area contributed by atoms with Crippen LogP contribution in [0.15, 0.2) is 36.7 Å². The molecule has 0 unspecified atom stereocenters. The highest BCUT2D eigenvalue weighted by atomic mass is 16.1. The second-order valence-corrected chi connectivity index (χ2v) is 7.94. The molecule has 3 heteroatoms. The Bertz CT molecular complexity index is 678. The number of anilines is 1. The molecule has 1 amide bonds. The Labute approximate surface area is 171 Å². The van der Waals surface area contributed by atoms with Gasteiger partial charge in [-0.1, -0.05) is 96.1 Å². The van der Waals surface area contributed by atoms with E-state index in [0.717, 1.165) is 29.3 Å². The molecule has 3 nitrogen and oxygen atoms in total. The lowest BCUT2D eigenvalue weighted by molar-refractivity contribution is -0.116. The van der Waals surface area contributed by atoms with Crippen LogP contribution in [-0.2, 0) is 4.79 Å². The first kappa shape index (κ1) is 22.4. The summed E-state index contributed by atoms with van der Waals surface area (Å²) in [4.78, 5) is 16.4. The highest BCUT2D eigenvalue weighted by molar-refractivity contribution is 6.01. The maximum Gasteiger partial charge on any atom is 0.224 e. The van der Waals surface area contributed by atoms with Gasteiger partial charge in [-0.15, -0.1) is 0 Å². The molecule has 0 radical (unpaired) electrons. The number of aromatic nitrogens is 1. The van der Waals surface area contributed by atoms with Crippen LogP contribution in [0.5, 0.6) is 0 Å². The van der Waals surface area contributed by atoms with Crippen molar-refractivity contribution in [2.24, 2.45) is 0 Å². The van der Waals surface area contributed by atoms with Crippen LogP contribution in [0.3, 0.4) is 0 Å². The van der Waals surface area contributed by atoms with Gasteiger partial charge in [-0.2, -0.15) is 0 Å². The number of amides is 1. The first-order valence-electron chi connectivity index (χ1n) is 11.4. The highest BCUT2D eigenvalue weighted by Gasteiger charge is 2.05. The SMILES string of the molecule is CCCCCCCCCCCCCCCC(=O)Nc1cccc2cnccc12. The van der Waals surface area contributed by atoms with Crippen molar-refractivity contribution in [3.63, 3.8) is 0 Å². The first-order chi connectivity index (χ1) is 13.8. The topological polar surface area (TPSA) is 42.0 Å². The number of unbranched alkanes of at least 4 members (excludes halogenated alkanes) is 12. The summed E-state index contributed by atoms with van der Waals surface area (Å²) < 4.78 is 0. The van der Waals surface area contributed by atoms with Crippen LogP contribution in [0.2, 0.25) is 0 Å². The van der Waals surface area contributed by atoms with Crippen molar-refractivity contribution in [2.75, 3.05) is 5.32 Å². The van der Waals surface area contributed by atoms with Crippen molar-refractivity contribution >= 4 is 22.4 Å². The summed E-state index contributed by atoms with van der Waals surface area (Å²) in [5.41, 5.74) is 0.889. The van der Waals surface area contributed by atoms with E-state index in [4.69, 9.17) is 0 Å². The number of fused-ring (bicyclic) bond motifs is 1. The van der Waals surface area contributed by atoms with Crippen LogP contribution in [-0.4, -0.2) is 10.9 Å². The van der Waals surface area contributed by atoms with Crippen LogP contribution in [0, 0.1) is 0 Å².